The zero-order valence-electron chi connectivity index (χ0n) is 9.64. The van der Waals surface area contributed by atoms with Gasteiger partial charge in [-0.15, -0.1) is 0 Å². The van der Waals surface area contributed by atoms with Gasteiger partial charge in [-0.1, -0.05) is 24.1 Å². The number of sulfonamides is 1. The lowest BCUT2D eigenvalue weighted by Gasteiger charge is -2.21. The van der Waals surface area contributed by atoms with E-state index in [0.29, 0.717) is 0 Å². The van der Waals surface area contributed by atoms with Crippen LogP contribution in [0, 0.1) is 19.4 Å². The molecule has 1 aromatic rings. The highest BCUT2D eigenvalue weighted by molar-refractivity contribution is 7.89. The number of benzene rings is 1. The number of nitrogens with zero attached hydrogens (tertiary/aromatic N) is 1. The van der Waals surface area contributed by atoms with Gasteiger partial charge in [-0.3, -0.25) is 0 Å². The first-order valence-corrected chi connectivity index (χ1v) is 6.41. The van der Waals surface area contributed by atoms with E-state index < -0.39 is 10.0 Å². The van der Waals surface area contributed by atoms with Crippen LogP contribution in [0.25, 0.3) is 0 Å². The molecule has 0 aromatic heterocycles. The SMILES string of the molecule is C#CN(C(C)C)S(=O)(=O)c1ccc(C)cc1. The number of terminal acetylenes is 1. The van der Waals surface area contributed by atoms with Crippen LogP contribution in [0.4, 0.5) is 0 Å². The summed E-state index contributed by atoms with van der Waals surface area (Å²) in [4.78, 5) is 0.227. The summed E-state index contributed by atoms with van der Waals surface area (Å²) in [7, 11) is -3.57. The van der Waals surface area contributed by atoms with E-state index in [2.05, 4.69) is 6.04 Å². The molecule has 0 saturated heterocycles. The highest BCUT2D eigenvalue weighted by atomic mass is 32.2. The molecule has 0 radical (unpaired) electrons. The first-order chi connectivity index (χ1) is 7.39. The van der Waals surface area contributed by atoms with Gasteiger partial charge in [0.25, 0.3) is 10.0 Å². The molecule has 0 spiro atoms. The normalized spacial score (nSPS) is 11.2. The van der Waals surface area contributed by atoms with Crippen LogP contribution in [0.1, 0.15) is 19.4 Å². The minimum Gasteiger partial charge on any atom is -0.222 e. The van der Waals surface area contributed by atoms with E-state index in [9.17, 15) is 8.42 Å². The maximum Gasteiger partial charge on any atom is 0.271 e. The third kappa shape index (κ3) is 2.37. The third-order valence-corrected chi connectivity index (χ3v) is 4.09. The molecular formula is C12H15NO2S. The highest BCUT2D eigenvalue weighted by Gasteiger charge is 2.23. The number of hydrogen-bond donors (Lipinski definition) is 0. The van der Waals surface area contributed by atoms with Crippen LogP contribution in [0.2, 0.25) is 0 Å². The van der Waals surface area contributed by atoms with Crippen molar-refractivity contribution >= 4 is 10.0 Å². The van der Waals surface area contributed by atoms with Crippen LogP contribution in [0.5, 0.6) is 0 Å². The molecule has 3 nitrogen and oxygen atoms in total. The molecule has 0 aliphatic heterocycles. The van der Waals surface area contributed by atoms with Gasteiger partial charge in [-0.2, -0.15) is 0 Å². The summed E-state index contributed by atoms with van der Waals surface area (Å²) in [6.45, 7) is 5.38. The Morgan fingerprint density at radius 1 is 1.25 bits per heavy atom. The van der Waals surface area contributed by atoms with Crippen molar-refractivity contribution in [3.05, 3.63) is 29.8 Å². The fraction of sp³-hybridized carbons (Fsp3) is 0.333. The van der Waals surface area contributed by atoms with Crippen molar-refractivity contribution in [1.29, 1.82) is 0 Å². The quantitative estimate of drug-likeness (QED) is 0.595. The molecule has 0 aliphatic rings. The smallest absolute Gasteiger partial charge is 0.222 e. The lowest BCUT2D eigenvalue weighted by Crippen LogP contribution is -2.32. The first kappa shape index (κ1) is 12.6. The predicted molar refractivity (Wildman–Crippen MR) is 64.2 cm³/mol. The largest absolute Gasteiger partial charge is 0.271 e. The van der Waals surface area contributed by atoms with E-state index in [-0.39, 0.29) is 10.9 Å². The summed E-state index contributed by atoms with van der Waals surface area (Å²) in [6.07, 6.45) is 5.22. The van der Waals surface area contributed by atoms with Gasteiger partial charge in [-0.25, -0.2) is 12.7 Å². The Kier molecular flexibility index (Phi) is 3.61. The molecule has 86 valence electrons. The Labute approximate surface area is 97.1 Å². The molecular weight excluding hydrogens is 222 g/mol. The van der Waals surface area contributed by atoms with Crippen molar-refractivity contribution in [3.63, 3.8) is 0 Å². The van der Waals surface area contributed by atoms with Crippen LogP contribution >= 0.6 is 0 Å². The lowest BCUT2D eigenvalue weighted by atomic mass is 10.2. The van der Waals surface area contributed by atoms with Crippen molar-refractivity contribution in [2.45, 2.75) is 31.7 Å². The Hall–Kier alpha value is -1.47. The van der Waals surface area contributed by atoms with Crippen LogP contribution in [0.3, 0.4) is 0 Å². The van der Waals surface area contributed by atoms with E-state index in [1.165, 1.54) is 0 Å². The molecule has 0 saturated carbocycles. The van der Waals surface area contributed by atoms with Crippen molar-refractivity contribution in [3.8, 4) is 12.5 Å². The third-order valence-electron chi connectivity index (χ3n) is 2.17. The summed E-state index contributed by atoms with van der Waals surface area (Å²) >= 11 is 0. The minimum atomic E-state index is -3.57. The molecule has 16 heavy (non-hydrogen) atoms. The minimum absolute atomic E-state index is 0.227. The first-order valence-electron chi connectivity index (χ1n) is 4.97. The summed E-state index contributed by atoms with van der Waals surface area (Å²) < 4.78 is 25.2. The van der Waals surface area contributed by atoms with Gasteiger partial charge >= 0.3 is 0 Å². The van der Waals surface area contributed by atoms with Gasteiger partial charge in [0.1, 0.15) is 0 Å². The average molecular weight is 237 g/mol. The van der Waals surface area contributed by atoms with Crippen LogP contribution < -0.4 is 0 Å². The molecule has 0 atom stereocenters. The molecule has 0 N–H and O–H groups in total. The Bertz CT molecular complexity index is 495. The predicted octanol–water partition coefficient (Wildman–Crippen LogP) is 1.98. The topological polar surface area (TPSA) is 37.4 Å². The molecule has 0 heterocycles. The fourth-order valence-electron chi connectivity index (χ4n) is 1.32. The molecule has 0 unspecified atom stereocenters. The van der Waals surface area contributed by atoms with Crippen LogP contribution in [-0.4, -0.2) is 18.8 Å². The number of rotatable bonds is 3. The van der Waals surface area contributed by atoms with Gasteiger partial charge in [0, 0.05) is 12.1 Å². The average Bonchev–Trinajstić information content (AvgIpc) is 2.18. The number of hydrogen-bond acceptors (Lipinski definition) is 2. The number of aryl methyl sites for hydroxylation is 1. The van der Waals surface area contributed by atoms with E-state index in [0.717, 1.165) is 9.87 Å². The lowest BCUT2D eigenvalue weighted by molar-refractivity contribution is 0.458. The Morgan fingerprint density at radius 3 is 2.12 bits per heavy atom. The van der Waals surface area contributed by atoms with Crippen molar-refractivity contribution in [1.82, 2.24) is 4.31 Å². The van der Waals surface area contributed by atoms with Crippen molar-refractivity contribution < 1.29 is 8.42 Å². The maximum atomic E-state index is 12.1. The second-order valence-electron chi connectivity index (χ2n) is 3.84. The van der Waals surface area contributed by atoms with E-state index >= 15 is 0 Å². The second-order valence-corrected chi connectivity index (χ2v) is 5.65. The van der Waals surface area contributed by atoms with Gasteiger partial charge in [0.05, 0.1) is 4.90 Å². The second kappa shape index (κ2) is 4.58. The zero-order valence-corrected chi connectivity index (χ0v) is 10.5. The maximum absolute atomic E-state index is 12.1. The molecule has 0 fully saturated rings. The van der Waals surface area contributed by atoms with Crippen molar-refractivity contribution in [2.24, 2.45) is 0 Å². The zero-order chi connectivity index (χ0) is 12.3. The monoisotopic (exact) mass is 237 g/mol. The Morgan fingerprint density at radius 2 is 1.75 bits per heavy atom. The molecule has 0 aliphatic carbocycles. The Balaban J connectivity index is 3.22. The van der Waals surface area contributed by atoms with E-state index in [1.54, 1.807) is 38.1 Å². The fourth-order valence-corrected chi connectivity index (χ4v) is 2.72. The van der Waals surface area contributed by atoms with E-state index in [4.69, 9.17) is 6.42 Å². The van der Waals surface area contributed by atoms with Gasteiger partial charge in [0.15, 0.2) is 0 Å². The molecule has 4 heteroatoms. The van der Waals surface area contributed by atoms with Crippen LogP contribution in [-0.2, 0) is 10.0 Å². The molecule has 1 rings (SSSR count). The highest BCUT2D eigenvalue weighted by Crippen LogP contribution is 2.17. The standard InChI is InChI=1S/C12H15NO2S/c1-5-13(10(2)3)16(14,15)12-8-6-11(4)7-9-12/h1,6-10H,2-4H3. The van der Waals surface area contributed by atoms with Gasteiger partial charge in [0.2, 0.25) is 0 Å². The summed E-state index contributed by atoms with van der Waals surface area (Å²) in [5, 5.41) is 0. The molecule has 0 bridgehead atoms. The summed E-state index contributed by atoms with van der Waals surface area (Å²) in [5.74, 6) is 0. The summed E-state index contributed by atoms with van der Waals surface area (Å²) in [5.41, 5.74) is 1.01. The van der Waals surface area contributed by atoms with Gasteiger partial charge < -0.3 is 0 Å². The molecule has 0 amide bonds. The van der Waals surface area contributed by atoms with E-state index in [1.807, 2.05) is 6.92 Å². The van der Waals surface area contributed by atoms with Gasteiger partial charge in [-0.05, 0) is 32.9 Å². The summed E-state index contributed by atoms with van der Waals surface area (Å²) in [6, 6.07) is 8.58. The van der Waals surface area contributed by atoms with Crippen LogP contribution in [0.15, 0.2) is 29.2 Å². The van der Waals surface area contributed by atoms with Crippen molar-refractivity contribution in [2.75, 3.05) is 0 Å². The molecule has 1 aromatic carbocycles.